The monoisotopic (exact) mass is 200 g/mol. The molecule has 3 nitrogen and oxygen atoms in total. The molecule has 0 bridgehead atoms. The van der Waals surface area contributed by atoms with E-state index in [0.29, 0.717) is 6.54 Å². The van der Waals surface area contributed by atoms with Crippen LogP contribution in [-0.4, -0.2) is 37.5 Å². The molecule has 0 atom stereocenters. The van der Waals surface area contributed by atoms with Gasteiger partial charge in [-0.2, -0.15) is 0 Å². The van der Waals surface area contributed by atoms with E-state index in [0.717, 1.165) is 13.0 Å². The first kappa shape index (κ1) is 13.6. The molecule has 0 aromatic carbocycles. The first-order chi connectivity index (χ1) is 4.63. The summed E-state index contributed by atoms with van der Waals surface area (Å²) in [4.78, 5) is 12.2. The van der Waals surface area contributed by atoms with Gasteiger partial charge in [0.05, 0.1) is 0 Å². The van der Waals surface area contributed by atoms with E-state index in [1.54, 1.807) is 0 Å². The number of hydrogen-bond donors (Lipinski definition) is 1. The van der Waals surface area contributed by atoms with Gasteiger partial charge >= 0.3 is 5.37 Å². The first-order valence-electron chi connectivity index (χ1n) is 3.21. The molecular weight excluding hydrogens is 187 g/mol. The number of hydrogen-bond acceptors (Lipinski definition) is 2. The molecule has 0 aliphatic rings. The van der Waals surface area contributed by atoms with Gasteiger partial charge in [-0.15, -0.1) is 12.4 Å². The third-order valence-electron chi connectivity index (χ3n) is 1.05. The zero-order valence-corrected chi connectivity index (χ0v) is 8.34. The fraction of sp³-hybridized carbons (Fsp3) is 0.833. The highest BCUT2D eigenvalue weighted by Crippen LogP contribution is 1.82. The van der Waals surface area contributed by atoms with E-state index in [1.165, 1.54) is 0 Å². The molecule has 0 saturated heterocycles. The van der Waals surface area contributed by atoms with E-state index in [2.05, 4.69) is 10.2 Å². The van der Waals surface area contributed by atoms with E-state index >= 15 is 0 Å². The molecule has 11 heavy (non-hydrogen) atoms. The Bertz CT molecular complexity index is 109. The van der Waals surface area contributed by atoms with Crippen LogP contribution in [0.5, 0.6) is 0 Å². The lowest BCUT2D eigenvalue weighted by molar-refractivity contribution is 0.259. The molecule has 0 radical (unpaired) electrons. The smallest absolute Gasteiger partial charge is 0.313 e. The number of amides is 1. The van der Waals surface area contributed by atoms with Crippen LogP contribution in [0.25, 0.3) is 0 Å². The highest BCUT2D eigenvalue weighted by Gasteiger charge is 1.92. The molecule has 1 N–H and O–H groups in total. The predicted octanol–water partition coefficient (Wildman–Crippen LogP) is 1.31. The van der Waals surface area contributed by atoms with Crippen molar-refractivity contribution in [1.82, 2.24) is 10.2 Å². The summed E-state index contributed by atoms with van der Waals surface area (Å²) in [6.45, 7) is 1.62. The van der Waals surface area contributed by atoms with Crippen molar-refractivity contribution < 1.29 is 4.79 Å². The second kappa shape index (κ2) is 8.11. The van der Waals surface area contributed by atoms with Gasteiger partial charge in [-0.05, 0) is 38.7 Å². The van der Waals surface area contributed by atoms with Crippen LogP contribution in [0.15, 0.2) is 0 Å². The minimum absolute atomic E-state index is 0. The Hall–Kier alpha value is 0.01000. The topological polar surface area (TPSA) is 32.3 Å². The van der Waals surface area contributed by atoms with Crippen LogP contribution < -0.4 is 5.32 Å². The maximum atomic E-state index is 10.1. The number of rotatable bonds is 4. The van der Waals surface area contributed by atoms with Gasteiger partial charge < -0.3 is 10.2 Å². The standard InChI is InChI=1S/C6H13ClN2O.ClH/c1-9(2)5-3-4-8-6(7)10;/h3-5H2,1-2H3,(H,8,10);1H. The van der Waals surface area contributed by atoms with Crippen LogP contribution in [0.4, 0.5) is 4.79 Å². The molecule has 0 aliphatic heterocycles. The first-order valence-corrected chi connectivity index (χ1v) is 3.59. The molecule has 1 amide bonds. The van der Waals surface area contributed by atoms with Crippen LogP contribution in [0.1, 0.15) is 6.42 Å². The Morgan fingerprint density at radius 2 is 2.09 bits per heavy atom. The zero-order chi connectivity index (χ0) is 7.98. The average molecular weight is 201 g/mol. The molecule has 68 valence electrons. The summed E-state index contributed by atoms with van der Waals surface area (Å²) in [6, 6.07) is 0. The number of halogens is 2. The summed E-state index contributed by atoms with van der Waals surface area (Å²) in [5.74, 6) is 0. The van der Waals surface area contributed by atoms with Crippen molar-refractivity contribution in [1.29, 1.82) is 0 Å². The lowest BCUT2D eigenvalue weighted by Gasteiger charge is -2.07. The van der Waals surface area contributed by atoms with Crippen LogP contribution in [0.2, 0.25) is 0 Å². The molecule has 0 spiro atoms. The second-order valence-corrected chi connectivity index (χ2v) is 2.70. The molecule has 0 aromatic rings. The van der Waals surface area contributed by atoms with E-state index in [4.69, 9.17) is 11.6 Å². The van der Waals surface area contributed by atoms with Crippen LogP contribution in [0, 0.1) is 0 Å². The van der Waals surface area contributed by atoms with Crippen molar-refractivity contribution in [2.24, 2.45) is 0 Å². The van der Waals surface area contributed by atoms with E-state index in [9.17, 15) is 4.79 Å². The molecule has 0 unspecified atom stereocenters. The summed E-state index contributed by atoms with van der Waals surface area (Å²) in [7, 11) is 3.98. The maximum Gasteiger partial charge on any atom is 0.313 e. The quantitative estimate of drug-likeness (QED) is 0.422. The van der Waals surface area contributed by atoms with Crippen molar-refractivity contribution in [3.63, 3.8) is 0 Å². The minimum atomic E-state index is -0.473. The van der Waals surface area contributed by atoms with Crippen LogP contribution >= 0.6 is 24.0 Å². The van der Waals surface area contributed by atoms with Gasteiger partial charge in [-0.25, -0.2) is 0 Å². The minimum Gasteiger partial charge on any atom is -0.343 e. The van der Waals surface area contributed by atoms with Crippen molar-refractivity contribution >= 4 is 29.4 Å². The Labute approximate surface area is 78.5 Å². The number of carbonyl (C=O) groups is 1. The van der Waals surface area contributed by atoms with Crippen molar-refractivity contribution in [3.8, 4) is 0 Å². The fourth-order valence-corrected chi connectivity index (χ4v) is 0.676. The fourth-order valence-electron chi connectivity index (χ4n) is 0.582. The van der Waals surface area contributed by atoms with Crippen molar-refractivity contribution in [2.75, 3.05) is 27.2 Å². The second-order valence-electron chi connectivity index (χ2n) is 2.36. The molecular formula is C6H14Cl2N2O. The average Bonchev–Trinajstić information content (AvgIpc) is 1.79. The van der Waals surface area contributed by atoms with Gasteiger partial charge in [-0.1, -0.05) is 0 Å². The third-order valence-corrected chi connectivity index (χ3v) is 1.18. The summed E-state index contributed by atoms with van der Waals surface area (Å²) in [5, 5.41) is 2.03. The Balaban J connectivity index is 0. The maximum absolute atomic E-state index is 10.1. The van der Waals surface area contributed by atoms with Crippen LogP contribution in [-0.2, 0) is 0 Å². The van der Waals surface area contributed by atoms with E-state index in [1.807, 2.05) is 14.1 Å². The van der Waals surface area contributed by atoms with Gasteiger partial charge in [0.1, 0.15) is 0 Å². The lowest BCUT2D eigenvalue weighted by Crippen LogP contribution is -2.22. The predicted molar refractivity (Wildman–Crippen MR) is 49.7 cm³/mol. The summed E-state index contributed by atoms with van der Waals surface area (Å²) >= 11 is 5.03. The summed E-state index contributed by atoms with van der Waals surface area (Å²) in [5.41, 5.74) is 0. The Kier molecular flexibility index (Phi) is 10.0. The van der Waals surface area contributed by atoms with Gasteiger partial charge in [0.2, 0.25) is 0 Å². The van der Waals surface area contributed by atoms with E-state index < -0.39 is 5.37 Å². The largest absolute Gasteiger partial charge is 0.343 e. The molecule has 5 heteroatoms. The van der Waals surface area contributed by atoms with Gasteiger partial charge in [0.15, 0.2) is 0 Å². The molecule has 0 heterocycles. The number of nitrogens with zero attached hydrogens (tertiary/aromatic N) is 1. The molecule has 0 aromatic heterocycles. The van der Waals surface area contributed by atoms with Crippen LogP contribution in [0.3, 0.4) is 0 Å². The highest BCUT2D eigenvalue weighted by atomic mass is 35.5. The Morgan fingerprint density at radius 3 is 2.45 bits per heavy atom. The van der Waals surface area contributed by atoms with E-state index in [-0.39, 0.29) is 12.4 Å². The summed E-state index contributed by atoms with van der Waals surface area (Å²) < 4.78 is 0. The Morgan fingerprint density at radius 1 is 1.55 bits per heavy atom. The molecule has 0 fully saturated rings. The molecule has 0 aliphatic carbocycles. The lowest BCUT2D eigenvalue weighted by atomic mass is 10.4. The van der Waals surface area contributed by atoms with Gasteiger partial charge in [0.25, 0.3) is 0 Å². The molecule has 0 rings (SSSR count). The van der Waals surface area contributed by atoms with Gasteiger partial charge in [0, 0.05) is 6.54 Å². The highest BCUT2D eigenvalue weighted by molar-refractivity contribution is 6.62. The number of carbonyl (C=O) groups excluding carboxylic acids is 1. The normalized spacial score (nSPS) is 9.09. The zero-order valence-electron chi connectivity index (χ0n) is 6.76. The third kappa shape index (κ3) is 13.1. The number of nitrogens with one attached hydrogen (secondary N) is 1. The van der Waals surface area contributed by atoms with Crippen molar-refractivity contribution in [3.05, 3.63) is 0 Å². The van der Waals surface area contributed by atoms with Gasteiger partial charge in [-0.3, -0.25) is 4.79 Å². The molecule has 0 saturated carbocycles. The van der Waals surface area contributed by atoms with Crippen molar-refractivity contribution in [2.45, 2.75) is 6.42 Å². The SMILES string of the molecule is CN(C)CCCNC(=O)Cl.Cl. The summed E-state index contributed by atoms with van der Waals surface area (Å²) in [6.07, 6.45) is 0.936.